The number of hydrogen-bond acceptors (Lipinski definition) is 4. The van der Waals surface area contributed by atoms with Crippen LogP contribution in [0.25, 0.3) is 0 Å². The molecule has 1 N–H and O–H groups in total. The van der Waals surface area contributed by atoms with E-state index >= 15 is 4.39 Å². The van der Waals surface area contributed by atoms with Gasteiger partial charge >= 0.3 is 5.97 Å². The van der Waals surface area contributed by atoms with Crippen molar-refractivity contribution in [2.45, 2.75) is 82.8 Å². The van der Waals surface area contributed by atoms with Gasteiger partial charge < -0.3 is 14.6 Å². The molecule has 0 aromatic heterocycles. The van der Waals surface area contributed by atoms with Crippen molar-refractivity contribution in [2.75, 3.05) is 6.61 Å². The summed E-state index contributed by atoms with van der Waals surface area (Å²) < 4.78 is 54.8. The third-order valence-corrected chi connectivity index (χ3v) is 7.46. The van der Waals surface area contributed by atoms with Crippen LogP contribution in [0.4, 0.5) is 13.2 Å². The molecule has 0 unspecified atom stereocenters. The first-order valence-corrected chi connectivity index (χ1v) is 12.6. The molecule has 0 spiro atoms. The number of ether oxygens (including phenoxy) is 2. The standard InChI is InChI=1S/C28H33F3O4/c1-2-34-16-17-3-14-25(24(29)15-17)35-28(33)20-6-4-18(5-7-20)22-12-13-23(27(31)26(22)30)19-8-10-21(32)11-9-19/h3,12-15,18-21,32H,2,4-11,16H2,1H3. The molecule has 4 nitrogen and oxygen atoms in total. The van der Waals surface area contributed by atoms with E-state index in [-0.39, 0.29) is 30.3 Å². The van der Waals surface area contributed by atoms with Gasteiger partial charge in [0.2, 0.25) is 0 Å². The molecular weight excluding hydrogens is 457 g/mol. The second kappa shape index (κ2) is 11.6. The van der Waals surface area contributed by atoms with E-state index in [0.717, 1.165) is 0 Å². The highest BCUT2D eigenvalue weighted by Crippen LogP contribution is 2.41. The number of aliphatic hydroxyl groups excluding tert-OH is 1. The largest absolute Gasteiger partial charge is 0.423 e. The molecule has 0 heterocycles. The maximum absolute atomic E-state index is 15.0. The Morgan fingerprint density at radius 2 is 1.46 bits per heavy atom. The Morgan fingerprint density at radius 3 is 2.00 bits per heavy atom. The first-order chi connectivity index (χ1) is 16.9. The van der Waals surface area contributed by atoms with Crippen molar-refractivity contribution in [3.05, 3.63) is 64.5 Å². The van der Waals surface area contributed by atoms with E-state index in [1.54, 1.807) is 18.2 Å². The van der Waals surface area contributed by atoms with Crippen molar-refractivity contribution in [3.63, 3.8) is 0 Å². The molecule has 2 saturated carbocycles. The molecule has 0 aliphatic heterocycles. The summed E-state index contributed by atoms with van der Waals surface area (Å²) in [5, 5.41) is 9.68. The summed E-state index contributed by atoms with van der Waals surface area (Å²) in [5.74, 6) is -3.46. The van der Waals surface area contributed by atoms with Crippen LogP contribution in [0, 0.1) is 23.4 Å². The van der Waals surface area contributed by atoms with Crippen LogP contribution in [-0.2, 0) is 16.1 Å². The summed E-state index contributed by atoms with van der Waals surface area (Å²) in [6.07, 6.45) is 4.16. The topological polar surface area (TPSA) is 55.8 Å². The Balaban J connectivity index is 1.34. The zero-order valence-electron chi connectivity index (χ0n) is 20.1. The van der Waals surface area contributed by atoms with Gasteiger partial charge in [-0.3, -0.25) is 4.79 Å². The van der Waals surface area contributed by atoms with Crippen LogP contribution >= 0.6 is 0 Å². The van der Waals surface area contributed by atoms with Gasteiger partial charge in [0.05, 0.1) is 18.6 Å². The second-order valence-corrected chi connectivity index (χ2v) is 9.75. The summed E-state index contributed by atoms with van der Waals surface area (Å²) in [6.45, 7) is 2.66. The van der Waals surface area contributed by atoms with Crippen molar-refractivity contribution in [1.82, 2.24) is 0 Å². The van der Waals surface area contributed by atoms with Crippen LogP contribution in [0.2, 0.25) is 0 Å². The van der Waals surface area contributed by atoms with Crippen molar-refractivity contribution in [3.8, 4) is 5.75 Å². The molecule has 7 heteroatoms. The molecule has 2 aliphatic rings. The summed E-state index contributed by atoms with van der Waals surface area (Å²) in [7, 11) is 0. The van der Waals surface area contributed by atoms with E-state index in [1.807, 2.05) is 6.92 Å². The SMILES string of the molecule is CCOCc1ccc(OC(=O)C2CCC(c3ccc(C4CCC(O)CC4)c(F)c3F)CC2)c(F)c1. The number of hydrogen-bond donors (Lipinski definition) is 1. The lowest BCUT2D eigenvalue weighted by molar-refractivity contribution is -0.140. The summed E-state index contributed by atoms with van der Waals surface area (Å²) in [6, 6.07) is 7.76. The van der Waals surface area contributed by atoms with Crippen molar-refractivity contribution >= 4 is 5.97 Å². The maximum atomic E-state index is 15.0. The highest BCUT2D eigenvalue weighted by atomic mass is 19.2. The highest BCUT2D eigenvalue weighted by Gasteiger charge is 2.32. The van der Waals surface area contributed by atoms with Gasteiger partial charge in [0.1, 0.15) is 0 Å². The van der Waals surface area contributed by atoms with Gasteiger partial charge in [-0.15, -0.1) is 0 Å². The molecule has 0 saturated heterocycles. The van der Waals surface area contributed by atoms with Crippen LogP contribution in [0.1, 0.15) is 86.8 Å². The molecule has 2 fully saturated rings. The van der Waals surface area contributed by atoms with E-state index in [4.69, 9.17) is 9.47 Å². The fourth-order valence-corrected chi connectivity index (χ4v) is 5.37. The van der Waals surface area contributed by atoms with E-state index in [2.05, 4.69) is 0 Å². The second-order valence-electron chi connectivity index (χ2n) is 9.75. The molecule has 2 aliphatic carbocycles. The predicted octanol–water partition coefficient (Wildman–Crippen LogP) is 6.54. The van der Waals surface area contributed by atoms with Gasteiger partial charge in [0.15, 0.2) is 23.2 Å². The number of benzene rings is 2. The fourth-order valence-electron chi connectivity index (χ4n) is 5.37. The van der Waals surface area contributed by atoms with Gasteiger partial charge in [-0.05, 0) is 98.9 Å². The van der Waals surface area contributed by atoms with Crippen molar-refractivity contribution in [2.24, 2.45) is 5.92 Å². The molecule has 0 amide bonds. The van der Waals surface area contributed by atoms with E-state index < -0.39 is 29.3 Å². The average molecular weight is 491 g/mol. The molecular formula is C28H33F3O4. The fraction of sp³-hybridized carbons (Fsp3) is 0.536. The quantitative estimate of drug-likeness (QED) is 0.354. The highest BCUT2D eigenvalue weighted by molar-refractivity contribution is 5.75. The minimum absolute atomic E-state index is 0.0684. The molecule has 0 bridgehead atoms. The van der Waals surface area contributed by atoms with Gasteiger partial charge in [-0.1, -0.05) is 18.2 Å². The number of aliphatic hydroxyl groups is 1. The van der Waals surface area contributed by atoms with E-state index in [9.17, 15) is 18.7 Å². The number of halogens is 3. The Labute approximate surface area is 204 Å². The van der Waals surface area contributed by atoms with Gasteiger partial charge in [-0.2, -0.15) is 0 Å². The van der Waals surface area contributed by atoms with Crippen LogP contribution in [0.3, 0.4) is 0 Å². The molecule has 2 aromatic rings. The molecule has 0 atom stereocenters. The van der Waals surface area contributed by atoms with E-state index in [1.165, 1.54) is 12.1 Å². The monoisotopic (exact) mass is 490 g/mol. The van der Waals surface area contributed by atoms with Gasteiger partial charge in [0, 0.05) is 6.61 Å². The summed E-state index contributed by atoms with van der Waals surface area (Å²) >= 11 is 0. The predicted molar refractivity (Wildman–Crippen MR) is 126 cm³/mol. The molecule has 35 heavy (non-hydrogen) atoms. The first-order valence-electron chi connectivity index (χ1n) is 12.6. The van der Waals surface area contributed by atoms with Gasteiger partial charge in [0.25, 0.3) is 0 Å². The number of rotatable bonds is 7. The van der Waals surface area contributed by atoms with Gasteiger partial charge in [-0.25, -0.2) is 13.2 Å². The van der Waals surface area contributed by atoms with Crippen molar-refractivity contribution in [1.29, 1.82) is 0 Å². The lowest BCUT2D eigenvalue weighted by Crippen LogP contribution is -2.26. The number of esters is 1. The minimum Gasteiger partial charge on any atom is -0.423 e. The lowest BCUT2D eigenvalue weighted by Gasteiger charge is -2.29. The summed E-state index contributed by atoms with van der Waals surface area (Å²) in [5.41, 5.74) is 1.40. The van der Waals surface area contributed by atoms with Crippen molar-refractivity contribution < 1.29 is 32.5 Å². The average Bonchev–Trinajstić information content (AvgIpc) is 2.86. The minimum atomic E-state index is -0.797. The van der Waals surface area contributed by atoms with Crippen LogP contribution < -0.4 is 4.74 Å². The van der Waals surface area contributed by atoms with E-state index in [0.29, 0.717) is 74.7 Å². The lowest BCUT2D eigenvalue weighted by atomic mass is 9.77. The van der Waals surface area contributed by atoms with Crippen LogP contribution in [0.5, 0.6) is 5.75 Å². The third-order valence-electron chi connectivity index (χ3n) is 7.46. The normalized spacial score (nSPS) is 24.8. The molecule has 190 valence electrons. The smallest absolute Gasteiger partial charge is 0.314 e. The maximum Gasteiger partial charge on any atom is 0.314 e. The molecule has 0 radical (unpaired) electrons. The zero-order chi connectivity index (χ0) is 24.9. The Bertz CT molecular complexity index is 1030. The summed E-state index contributed by atoms with van der Waals surface area (Å²) in [4.78, 5) is 12.6. The van der Waals surface area contributed by atoms with Crippen LogP contribution in [0.15, 0.2) is 30.3 Å². The number of carbonyl (C=O) groups is 1. The Morgan fingerprint density at radius 1 is 0.886 bits per heavy atom. The Hall–Kier alpha value is -2.38. The Kier molecular flexibility index (Phi) is 8.50. The zero-order valence-corrected chi connectivity index (χ0v) is 20.1. The van der Waals surface area contributed by atoms with Crippen LogP contribution in [-0.4, -0.2) is 23.8 Å². The number of carbonyl (C=O) groups excluding carboxylic acids is 1. The molecule has 2 aromatic carbocycles. The molecule has 4 rings (SSSR count). The third kappa shape index (κ3) is 6.07. The first kappa shape index (κ1) is 25.7.